The maximum atomic E-state index is 13.2. The fraction of sp³-hybridized carbons (Fsp3) is 0.609. The molecule has 0 saturated carbocycles. The minimum Gasteiger partial charge on any atom is -0.464 e. The van der Waals surface area contributed by atoms with Crippen LogP contribution < -0.4 is 5.32 Å². The Morgan fingerprint density at radius 1 is 1.29 bits per heavy atom. The van der Waals surface area contributed by atoms with E-state index >= 15 is 0 Å². The summed E-state index contributed by atoms with van der Waals surface area (Å²) < 4.78 is 40.9. The molecule has 0 fully saturated rings. The lowest BCUT2D eigenvalue weighted by Gasteiger charge is -2.29. The number of nitrogens with one attached hydrogen (secondary N) is 1. The number of carbonyl (C=O) groups is 1. The summed E-state index contributed by atoms with van der Waals surface area (Å²) in [6.45, 7) is 7.59. The maximum Gasteiger partial charge on any atom is 0.305 e. The number of aryl methyl sites for hydroxylation is 2. The Kier molecular flexibility index (Phi) is 9.17. The number of esters is 1. The van der Waals surface area contributed by atoms with Gasteiger partial charge in [0.2, 0.25) is 10.0 Å². The van der Waals surface area contributed by atoms with Crippen molar-refractivity contribution in [1.82, 2.24) is 24.6 Å². The van der Waals surface area contributed by atoms with E-state index in [1.54, 1.807) is 36.1 Å². The number of likely N-dealkylation sites (N-methyl/N-ethyl adjacent to an activating group) is 1. The number of sulfonamides is 1. The Labute approximate surface area is 201 Å². The van der Waals surface area contributed by atoms with Gasteiger partial charge in [0, 0.05) is 39.1 Å². The van der Waals surface area contributed by atoms with E-state index in [0.29, 0.717) is 31.6 Å². The predicted molar refractivity (Wildman–Crippen MR) is 126 cm³/mol. The second kappa shape index (κ2) is 11.9. The van der Waals surface area contributed by atoms with Crippen LogP contribution in [0.1, 0.15) is 37.9 Å². The zero-order valence-corrected chi connectivity index (χ0v) is 21.1. The molecule has 0 saturated heterocycles. The van der Waals surface area contributed by atoms with Gasteiger partial charge in [0.15, 0.2) is 0 Å². The number of hydrogen-bond acceptors (Lipinski definition) is 8. The van der Waals surface area contributed by atoms with Crippen molar-refractivity contribution < 1.29 is 22.7 Å². The van der Waals surface area contributed by atoms with Gasteiger partial charge in [-0.3, -0.25) is 9.48 Å². The molecule has 2 aromatic rings. The average Bonchev–Trinajstić information content (AvgIpc) is 3.25. The second-order valence-corrected chi connectivity index (χ2v) is 11.0. The number of nitrogens with zero attached hydrogens (tertiary/aromatic N) is 4. The quantitative estimate of drug-likeness (QED) is 0.641. The number of aromatic nitrogens is 3. The van der Waals surface area contributed by atoms with Crippen molar-refractivity contribution in [3.8, 4) is 0 Å². The number of carbonyl (C=O) groups excluding carboxylic acids is 1. The van der Waals surface area contributed by atoms with Crippen molar-refractivity contribution in [2.75, 3.05) is 26.7 Å². The molecule has 3 rings (SSSR count). The highest BCUT2D eigenvalue weighted by Gasteiger charge is 2.28. The summed E-state index contributed by atoms with van der Waals surface area (Å²) in [5, 5.41) is 11.6. The van der Waals surface area contributed by atoms with Crippen LogP contribution in [0, 0.1) is 12.8 Å². The van der Waals surface area contributed by atoms with E-state index in [0.717, 1.165) is 5.56 Å². The molecule has 34 heavy (non-hydrogen) atoms. The van der Waals surface area contributed by atoms with Crippen LogP contribution in [0.4, 0.5) is 0 Å². The highest BCUT2D eigenvalue weighted by atomic mass is 32.2. The van der Waals surface area contributed by atoms with Gasteiger partial charge in [-0.2, -0.15) is 4.31 Å². The lowest BCUT2D eigenvalue weighted by Crippen LogP contribution is -2.43. The third kappa shape index (κ3) is 7.33. The van der Waals surface area contributed by atoms with Crippen molar-refractivity contribution in [2.24, 2.45) is 5.92 Å². The average molecular weight is 494 g/mol. The van der Waals surface area contributed by atoms with Gasteiger partial charge in [-0.15, -0.1) is 5.10 Å². The van der Waals surface area contributed by atoms with Gasteiger partial charge in [0.05, 0.1) is 23.8 Å². The maximum absolute atomic E-state index is 13.2. The van der Waals surface area contributed by atoms with Crippen LogP contribution in [0.2, 0.25) is 0 Å². The third-order valence-electron chi connectivity index (χ3n) is 5.85. The fourth-order valence-electron chi connectivity index (χ4n) is 3.66. The molecule has 10 nitrogen and oxygen atoms in total. The Hall–Kier alpha value is -2.34. The highest BCUT2D eigenvalue weighted by molar-refractivity contribution is 7.89. The van der Waals surface area contributed by atoms with E-state index in [9.17, 15) is 13.2 Å². The normalized spacial score (nSPS) is 23.6. The Bertz CT molecular complexity index is 1060. The SMILES string of the molecule is Cc1cccc(S(=O)(=O)N(C)C[C@@H]2OCc3cn(nn3)CCCC(=O)OC[C@H](C)NC[C@@H]2C)c1. The van der Waals surface area contributed by atoms with Gasteiger partial charge in [0.1, 0.15) is 12.3 Å². The summed E-state index contributed by atoms with van der Waals surface area (Å²) in [4.78, 5) is 12.2. The lowest BCUT2D eigenvalue weighted by molar-refractivity contribution is -0.144. The standard InChI is InChI=1S/C23H35N5O5S/c1-17-7-5-8-21(11-17)34(30,31)27(4)14-22-18(2)12-24-19(3)15-33-23(29)9-6-10-28-13-20(16-32-22)25-26-28/h5,7-8,11,13,18-19,22,24H,6,9-10,12,14-16H2,1-4H3/t18-,19-,22-/m0/s1. The number of cyclic esters (lactones) is 1. The molecule has 1 aromatic heterocycles. The number of fused-ring (bicyclic) bond motifs is 2. The first-order valence-electron chi connectivity index (χ1n) is 11.6. The molecular weight excluding hydrogens is 458 g/mol. The van der Waals surface area contributed by atoms with Crippen molar-refractivity contribution in [2.45, 2.75) is 63.8 Å². The minimum absolute atomic E-state index is 0.0312. The molecule has 0 spiro atoms. The van der Waals surface area contributed by atoms with Crippen LogP contribution in [-0.4, -0.2) is 72.6 Å². The van der Waals surface area contributed by atoms with E-state index in [2.05, 4.69) is 15.6 Å². The first kappa shape index (κ1) is 26.3. The molecule has 2 bridgehead atoms. The molecular formula is C23H35N5O5S. The van der Waals surface area contributed by atoms with Crippen molar-refractivity contribution in [3.63, 3.8) is 0 Å². The molecule has 1 aromatic carbocycles. The molecule has 1 N–H and O–H groups in total. The lowest BCUT2D eigenvalue weighted by atomic mass is 10.0. The molecule has 1 aliphatic heterocycles. The zero-order valence-electron chi connectivity index (χ0n) is 20.3. The molecule has 2 heterocycles. The van der Waals surface area contributed by atoms with E-state index in [1.165, 1.54) is 4.31 Å². The predicted octanol–water partition coefficient (Wildman–Crippen LogP) is 1.74. The van der Waals surface area contributed by atoms with Crippen LogP contribution in [-0.2, 0) is 37.4 Å². The van der Waals surface area contributed by atoms with Gasteiger partial charge >= 0.3 is 5.97 Å². The van der Waals surface area contributed by atoms with E-state index in [4.69, 9.17) is 9.47 Å². The third-order valence-corrected chi connectivity index (χ3v) is 7.67. The van der Waals surface area contributed by atoms with Crippen LogP contribution >= 0.6 is 0 Å². The first-order valence-corrected chi connectivity index (χ1v) is 13.0. The summed E-state index contributed by atoms with van der Waals surface area (Å²) in [5.74, 6) is -0.269. The van der Waals surface area contributed by atoms with E-state index in [1.807, 2.05) is 26.8 Å². The van der Waals surface area contributed by atoms with Crippen molar-refractivity contribution in [3.05, 3.63) is 41.7 Å². The second-order valence-electron chi connectivity index (χ2n) is 9.00. The van der Waals surface area contributed by atoms with Crippen LogP contribution in [0.3, 0.4) is 0 Å². The van der Waals surface area contributed by atoms with Gasteiger partial charge in [-0.1, -0.05) is 24.3 Å². The summed E-state index contributed by atoms with van der Waals surface area (Å²) in [6.07, 6.45) is 2.31. The zero-order chi connectivity index (χ0) is 24.7. The van der Waals surface area contributed by atoms with Gasteiger partial charge in [0.25, 0.3) is 0 Å². The topological polar surface area (TPSA) is 116 Å². The number of benzene rings is 1. The van der Waals surface area contributed by atoms with Gasteiger partial charge in [-0.05, 0) is 43.9 Å². The highest BCUT2D eigenvalue weighted by Crippen LogP contribution is 2.19. The van der Waals surface area contributed by atoms with E-state index in [-0.39, 0.29) is 42.6 Å². The molecule has 0 amide bonds. The number of hydrogen-bond donors (Lipinski definition) is 1. The minimum atomic E-state index is -3.67. The summed E-state index contributed by atoms with van der Waals surface area (Å²) >= 11 is 0. The van der Waals surface area contributed by atoms with Gasteiger partial charge < -0.3 is 14.8 Å². The monoisotopic (exact) mass is 493 g/mol. The Morgan fingerprint density at radius 3 is 2.85 bits per heavy atom. The Balaban J connectivity index is 1.76. The van der Waals surface area contributed by atoms with Crippen molar-refractivity contribution in [1.29, 1.82) is 0 Å². The van der Waals surface area contributed by atoms with Crippen LogP contribution in [0.15, 0.2) is 35.4 Å². The van der Waals surface area contributed by atoms with Crippen LogP contribution in [0.5, 0.6) is 0 Å². The summed E-state index contributed by atoms with van der Waals surface area (Å²) in [7, 11) is -2.10. The largest absolute Gasteiger partial charge is 0.464 e. The smallest absolute Gasteiger partial charge is 0.305 e. The molecule has 188 valence electrons. The molecule has 3 atom stereocenters. The van der Waals surface area contributed by atoms with Crippen LogP contribution in [0.25, 0.3) is 0 Å². The molecule has 11 heteroatoms. The molecule has 0 radical (unpaired) electrons. The molecule has 1 aliphatic rings. The van der Waals surface area contributed by atoms with Gasteiger partial charge in [-0.25, -0.2) is 8.42 Å². The van der Waals surface area contributed by atoms with Crippen molar-refractivity contribution >= 4 is 16.0 Å². The summed E-state index contributed by atoms with van der Waals surface area (Å²) in [6, 6.07) is 6.83. The first-order chi connectivity index (χ1) is 16.1. The fourth-order valence-corrected chi connectivity index (χ4v) is 4.95. The summed E-state index contributed by atoms with van der Waals surface area (Å²) in [5.41, 5.74) is 1.53. The Morgan fingerprint density at radius 2 is 2.09 bits per heavy atom. The van der Waals surface area contributed by atoms with E-state index < -0.39 is 16.1 Å². The number of ether oxygens (including phenoxy) is 2. The molecule has 0 aliphatic carbocycles. The molecule has 0 unspecified atom stereocenters. The number of rotatable bonds is 4.